The average Bonchev–Trinajstić information content (AvgIpc) is 2.35. The maximum absolute atomic E-state index is 8.84. The Kier molecular flexibility index (Phi) is 1.84. The Morgan fingerprint density at radius 2 is 1.69 bits per heavy atom. The predicted molar refractivity (Wildman–Crippen MR) is 64.0 cm³/mol. The van der Waals surface area contributed by atoms with Crippen molar-refractivity contribution in [2.24, 2.45) is 0 Å². The van der Waals surface area contributed by atoms with Crippen LogP contribution < -0.4 is 0 Å². The molecule has 0 radical (unpaired) electrons. The van der Waals surface area contributed by atoms with Gasteiger partial charge in [0.2, 0.25) is 0 Å². The van der Waals surface area contributed by atoms with Crippen molar-refractivity contribution >= 4 is 21.8 Å². The first-order chi connectivity index (χ1) is 7.86. The lowest BCUT2D eigenvalue weighted by Gasteiger charge is -2.01. The molecule has 0 aliphatic rings. The van der Waals surface area contributed by atoms with Gasteiger partial charge in [-0.3, -0.25) is 0 Å². The van der Waals surface area contributed by atoms with Crippen LogP contribution in [0.1, 0.15) is 5.56 Å². The quantitative estimate of drug-likeness (QED) is 0.527. The lowest BCUT2D eigenvalue weighted by atomic mass is 10.1. The van der Waals surface area contributed by atoms with Crippen LogP contribution in [-0.4, -0.2) is 4.98 Å². The maximum atomic E-state index is 8.84. The molecule has 0 aliphatic heterocycles. The Labute approximate surface area is 92.8 Å². The van der Waals surface area contributed by atoms with Gasteiger partial charge in [0.05, 0.1) is 22.7 Å². The number of nitrogens with zero attached hydrogens (tertiary/aromatic N) is 2. The zero-order valence-electron chi connectivity index (χ0n) is 8.51. The molecule has 0 saturated heterocycles. The molecule has 0 saturated carbocycles. The van der Waals surface area contributed by atoms with Crippen LogP contribution in [0, 0.1) is 11.3 Å². The van der Waals surface area contributed by atoms with Crippen molar-refractivity contribution in [3.63, 3.8) is 0 Å². The van der Waals surface area contributed by atoms with E-state index in [1.54, 1.807) is 6.07 Å². The lowest BCUT2D eigenvalue weighted by Crippen LogP contribution is -1.83. The number of hydrogen-bond acceptors (Lipinski definition) is 2. The number of aromatic nitrogens is 1. The number of hydrogen-bond donors (Lipinski definition) is 0. The molecule has 0 atom stereocenters. The molecular weight excluding hydrogens is 196 g/mol. The molecular formula is C14H8N2. The molecule has 1 aromatic heterocycles. The van der Waals surface area contributed by atoms with Crippen LogP contribution in [0.25, 0.3) is 21.8 Å². The van der Waals surface area contributed by atoms with E-state index >= 15 is 0 Å². The topological polar surface area (TPSA) is 36.7 Å². The van der Waals surface area contributed by atoms with Crippen molar-refractivity contribution < 1.29 is 0 Å². The highest BCUT2D eigenvalue weighted by atomic mass is 14.7. The molecule has 2 aromatic carbocycles. The molecule has 0 fully saturated rings. The van der Waals surface area contributed by atoms with Crippen molar-refractivity contribution in [1.82, 2.24) is 4.98 Å². The fraction of sp³-hybridized carbons (Fsp3) is 0. The zero-order valence-corrected chi connectivity index (χ0v) is 8.51. The molecule has 3 aromatic rings. The van der Waals surface area contributed by atoms with Crippen LogP contribution in [0.15, 0.2) is 48.5 Å². The number of fused-ring (bicyclic) bond motifs is 2. The molecule has 0 N–H and O–H groups in total. The highest BCUT2D eigenvalue weighted by Crippen LogP contribution is 2.20. The molecule has 16 heavy (non-hydrogen) atoms. The molecule has 0 aliphatic carbocycles. The Morgan fingerprint density at radius 1 is 0.875 bits per heavy atom. The fourth-order valence-corrected chi connectivity index (χ4v) is 1.85. The monoisotopic (exact) mass is 204 g/mol. The summed E-state index contributed by atoms with van der Waals surface area (Å²) in [5.74, 6) is 0. The number of para-hydroxylation sites is 1. The first-order valence-electron chi connectivity index (χ1n) is 5.06. The molecule has 2 heteroatoms. The SMILES string of the molecule is N#Cc1ccc2nc3ccccc3cc2c1. The first-order valence-corrected chi connectivity index (χ1v) is 5.06. The summed E-state index contributed by atoms with van der Waals surface area (Å²) >= 11 is 0. The molecule has 74 valence electrons. The summed E-state index contributed by atoms with van der Waals surface area (Å²) in [4.78, 5) is 4.54. The van der Waals surface area contributed by atoms with Crippen molar-refractivity contribution in [2.75, 3.05) is 0 Å². The molecule has 0 unspecified atom stereocenters. The second-order valence-corrected chi connectivity index (χ2v) is 3.70. The number of rotatable bonds is 0. The number of benzene rings is 2. The summed E-state index contributed by atoms with van der Waals surface area (Å²) in [6, 6.07) is 17.8. The van der Waals surface area contributed by atoms with Crippen LogP contribution in [0.5, 0.6) is 0 Å². The lowest BCUT2D eigenvalue weighted by molar-refractivity contribution is 1.47. The van der Waals surface area contributed by atoms with Gasteiger partial charge in [-0.15, -0.1) is 0 Å². The van der Waals surface area contributed by atoms with Crippen molar-refractivity contribution in [3.8, 4) is 6.07 Å². The second kappa shape index (κ2) is 3.32. The Hall–Kier alpha value is -2.40. The largest absolute Gasteiger partial charge is 0.248 e. The van der Waals surface area contributed by atoms with Gasteiger partial charge in [-0.2, -0.15) is 5.26 Å². The standard InChI is InChI=1S/C14H8N2/c15-9-10-5-6-14-12(7-10)8-11-3-1-2-4-13(11)16-14/h1-8H. The smallest absolute Gasteiger partial charge is 0.0991 e. The molecule has 0 spiro atoms. The summed E-state index contributed by atoms with van der Waals surface area (Å²) < 4.78 is 0. The summed E-state index contributed by atoms with van der Waals surface area (Å²) in [7, 11) is 0. The third-order valence-corrected chi connectivity index (χ3v) is 2.65. The van der Waals surface area contributed by atoms with E-state index in [2.05, 4.69) is 17.1 Å². The third kappa shape index (κ3) is 1.31. The minimum absolute atomic E-state index is 0.671. The van der Waals surface area contributed by atoms with Gasteiger partial charge >= 0.3 is 0 Å². The van der Waals surface area contributed by atoms with E-state index in [9.17, 15) is 0 Å². The van der Waals surface area contributed by atoms with Gasteiger partial charge < -0.3 is 0 Å². The number of pyridine rings is 1. The summed E-state index contributed by atoms with van der Waals surface area (Å²) in [6.07, 6.45) is 0. The van der Waals surface area contributed by atoms with Crippen LogP contribution in [-0.2, 0) is 0 Å². The van der Waals surface area contributed by atoms with E-state index in [-0.39, 0.29) is 0 Å². The second-order valence-electron chi connectivity index (χ2n) is 3.70. The van der Waals surface area contributed by atoms with Gasteiger partial charge in [0.1, 0.15) is 0 Å². The van der Waals surface area contributed by atoms with E-state index < -0.39 is 0 Å². The van der Waals surface area contributed by atoms with Gasteiger partial charge in [-0.1, -0.05) is 18.2 Å². The van der Waals surface area contributed by atoms with Gasteiger partial charge in [0, 0.05) is 10.8 Å². The molecule has 0 amide bonds. The van der Waals surface area contributed by atoms with E-state index in [1.807, 2.05) is 36.4 Å². The summed E-state index contributed by atoms with van der Waals surface area (Å²) in [5.41, 5.74) is 2.59. The highest BCUT2D eigenvalue weighted by Gasteiger charge is 2.00. The van der Waals surface area contributed by atoms with Crippen molar-refractivity contribution in [1.29, 1.82) is 5.26 Å². The Balaban J connectivity index is 2.43. The van der Waals surface area contributed by atoms with E-state index in [0.29, 0.717) is 5.56 Å². The van der Waals surface area contributed by atoms with Crippen LogP contribution in [0.3, 0.4) is 0 Å². The van der Waals surface area contributed by atoms with E-state index in [4.69, 9.17) is 5.26 Å². The third-order valence-electron chi connectivity index (χ3n) is 2.65. The molecule has 2 nitrogen and oxygen atoms in total. The molecule has 1 heterocycles. The number of nitriles is 1. The van der Waals surface area contributed by atoms with Crippen LogP contribution in [0.4, 0.5) is 0 Å². The van der Waals surface area contributed by atoms with Gasteiger partial charge in [0.25, 0.3) is 0 Å². The van der Waals surface area contributed by atoms with Gasteiger partial charge in [0.15, 0.2) is 0 Å². The normalized spacial score (nSPS) is 10.4. The van der Waals surface area contributed by atoms with Gasteiger partial charge in [-0.25, -0.2) is 4.98 Å². The molecule has 3 rings (SSSR count). The predicted octanol–water partition coefficient (Wildman–Crippen LogP) is 3.26. The molecule has 0 bridgehead atoms. The van der Waals surface area contributed by atoms with Crippen LogP contribution >= 0.6 is 0 Å². The zero-order chi connectivity index (χ0) is 11.0. The minimum Gasteiger partial charge on any atom is -0.248 e. The van der Waals surface area contributed by atoms with Crippen LogP contribution in [0.2, 0.25) is 0 Å². The minimum atomic E-state index is 0.671. The highest BCUT2D eigenvalue weighted by molar-refractivity contribution is 5.93. The fourth-order valence-electron chi connectivity index (χ4n) is 1.85. The Morgan fingerprint density at radius 3 is 2.56 bits per heavy atom. The first kappa shape index (κ1) is 8.87. The average molecular weight is 204 g/mol. The van der Waals surface area contributed by atoms with Crippen molar-refractivity contribution in [2.45, 2.75) is 0 Å². The van der Waals surface area contributed by atoms with Gasteiger partial charge in [-0.05, 0) is 30.3 Å². The van der Waals surface area contributed by atoms with Crippen molar-refractivity contribution in [3.05, 3.63) is 54.1 Å². The maximum Gasteiger partial charge on any atom is 0.0991 e. The Bertz CT molecular complexity index is 723. The summed E-state index contributed by atoms with van der Waals surface area (Å²) in [6.45, 7) is 0. The van der Waals surface area contributed by atoms with E-state index in [0.717, 1.165) is 21.8 Å². The summed E-state index contributed by atoms with van der Waals surface area (Å²) in [5, 5.41) is 11.0. The van der Waals surface area contributed by atoms with E-state index in [1.165, 1.54) is 0 Å².